The van der Waals surface area contributed by atoms with Crippen molar-refractivity contribution in [1.29, 1.82) is 0 Å². The molecule has 1 atom stereocenters. The van der Waals surface area contributed by atoms with Gasteiger partial charge >= 0.3 is 0 Å². The summed E-state index contributed by atoms with van der Waals surface area (Å²) in [6.07, 6.45) is 4.19. The van der Waals surface area contributed by atoms with E-state index in [4.69, 9.17) is 4.42 Å². The minimum atomic E-state index is 0.0922. The molecular formula is C19H27N3O2S. The summed E-state index contributed by atoms with van der Waals surface area (Å²) < 4.78 is 5.83. The first kappa shape index (κ1) is 18.1. The van der Waals surface area contributed by atoms with Gasteiger partial charge in [-0.1, -0.05) is 19.4 Å². The third-order valence-corrected chi connectivity index (χ3v) is 5.56. The van der Waals surface area contributed by atoms with E-state index in [-0.39, 0.29) is 11.8 Å². The number of carbonyl (C=O) groups excluding carboxylic acids is 1. The van der Waals surface area contributed by atoms with Gasteiger partial charge in [0.15, 0.2) is 0 Å². The fraction of sp³-hybridized carbons (Fsp3) is 0.579. The zero-order valence-corrected chi connectivity index (χ0v) is 15.9. The summed E-state index contributed by atoms with van der Waals surface area (Å²) in [6.45, 7) is 7.47. The molecule has 25 heavy (non-hydrogen) atoms. The Morgan fingerprint density at radius 1 is 1.52 bits per heavy atom. The molecule has 0 aliphatic carbocycles. The molecule has 2 aromatic heterocycles. The summed E-state index contributed by atoms with van der Waals surface area (Å²) in [4.78, 5) is 20.4. The number of hydrogen-bond donors (Lipinski definition) is 1. The Kier molecular flexibility index (Phi) is 6.26. The van der Waals surface area contributed by atoms with Gasteiger partial charge in [-0.05, 0) is 44.2 Å². The first-order valence-corrected chi connectivity index (χ1v) is 10.1. The van der Waals surface area contributed by atoms with Gasteiger partial charge in [-0.25, -0.2) is 4.98 Å². The van der Waals surface area contributed by atoms with Crippen LogP contribution in [-0.2, 0) is 11.3 Å². The normalized spacial score (nSPS) is 18.4. The highest BCUT2D eigenvalue weighted by molar-refractivity contribution is 7.13. The largest absolute Gasteiger partial charge is 0.440 e. The van der Waals surface area contributed by atoms with Crippen LogP contribution in [0.2, 0.25) is 0 Å². The second kappa shape index (κ2) is 8.63. The Labute approximate surface area is 153 Å². The summed E-state index contributed by atoms with van der Waals surface area (Å²) in [5, 5.41) is 5.10. The lowest BCUT2D eigenvalue weighted by atomic mass is 9.97. The van der Waals surface area contributed by atoms with Crippen LogP contribution >= 0.6 is 11.3 Å². The summed E-state index contributed by atoms with van der Waals surface area (Å²) in [6, 6.07) is 4.03. The van der Waals surface area contributed by atoms with Crippen molar-refractivity contribution < 1.29 is 9.21 Å². The highest BCUT2D eigenvalue weighted by Crippen LogP contribution is 2.27. The topological polar surface area (TPSA) is 58.4 Å². The molecule has 1 amide bonds. The maximum atomic E-state index is 12.3. The fourth-order valence-corrected chi connectivity index (χ4v) is 3.89. The van der Waals surface area contributed by atoms with Crippen molar-refractivity contribution in [2.75, 3.05) is 19.6 Å². The van der Waals surface area contributed by atoms with Crippen LogP contribution in [0.15, 0.2) is 21.9 Å². The van der Waals surface area contributed by atoms with E-state index in [2.05, 4.69) is 22.1 Å². The molecule has 1 N–H and O–H groups in total. The van der Waals surface area contributed by atoms with Crippen molar-refractivity contribution in [3.8, 4) is 10.8 Å². The maximum Gasteiger partial charge on any atom is 0.236 e. The Balaban J connectivity index is 1.58. The average molecular weight is 362 g/mol. The molecule has 0 bridgehead atoms. The predicted molar refractivity (Wildman–Crippen MR) is 100 cm³/mol. The standard InChI is InChI=1S/C19H27N3O2S/c1-3-4-9-20-18(23)15-7-5-10-22(12-15)13-16-14(2)24-19(21-16)17-8-6-11-25-17/h6,8,11,15H,3-5,7,9-10,12-13H2,1-2H3,(H,20,23). The van der Waals surface area contributed by atoms with Crippen LogP contribution in [0.25, 0.3) is 10.8 Å². The van der Waals surface area contributed by atoms with Crippen LogP contribution in [0.4, 0.5) is 0 Å². The summed E-state index contributed by atoms with van der Waals surface area (Å²) in [7, 11) is 0. The van der Waals surface area contributed by atoms with Crippen LogP contribution in [0.1, 0.15) is 44.1 Å². The first-order valence-electron chi connectivity index (χ1n) is 9.17. The van der Waals surface area contributed by atoms with Gasteiger partial charge in [0.25, 0.3) is 0 Å². The number of thiophene rings is 1. The van der Waals surface area contributed by atoms with E-state index in [0.717, 1.165) is 68.2 Å². The van der Waals surface area contributed by atoms with Crippen molar-refractivity contribution in [2.45, 2.75) is 46.1 Å². The number of aryl methyl sites for hydroxylation is 1. The minimum absolute atomic E-state index is 0.0922. The Morgan fingerprint density at radius 3 is 3.16 bits per heavy atom. The number of likely N-dealkylation sites (tertiary alicyclic amines) is 1. The van der Waals surface area contributed by atoms with Gasteiger partial charge in [-0.2, -0.15) is 0 Å². The quantitative estimate of drug-likeness (QED) is 0.761. The SMILES string of the molecule is CCCCNC(=O)C1CCCN(Cc2nc(-c3cccs3)oc2C)C1. The number of piperidine rings is 1. The molecule has 0 radical (unpaired) electrons. The van der Waals surface area contributed by atoms with Crippen LogP contribution < -0.4 is 5.32 Å². The molecule has 0 aromatic carbocycles. The number of unbranched alkanes of at least 4 members (excludes halogenated alkanes) is 1. The Morgan fingerprint density at radius 2 is 2.40 bits per heavy atom. The van der Waals surface area contributed by atoms with Gasteiger partial charge in [0.2, 0.25) is 11.8 Å². The van der Waals surface area contributed by atoms with Gasteiger partial charge in [-0.15, -0.1) is 11.3 Å². The molecule has 0 saturated carbocycles. The lowest BCUT2D eigenvalue weighted by Gasteiger charge is -2.31. The van der Waals surface area contributed by atoms with Gasteiger partial charge in [0, 0.05) is 19.6 Å². The number of carbonyl (C=O) groups is 1. The van der Waals surface area contributed by atoms with Crippen LogP contribution in [0, 0.1) is 12.8 Å². The number of rotatable bonds is 7. The van der Waals surface area contributed by atoms with E-state index in [9.17, 15) is 4.79 Å². The molecule has 1 aliphatic heterocycles. The fourth-order valence-electron chi connectivity index (χ4n) is 3.24. The Hall–Kier alpha value is -1.66. The molecule has 1 saturated heterocycles. The van der Waals surface area contributed by atoms with E-state index >= 15 is 0 Å². The average Bonchev–Trinajstić information content (AvgIpc) is 3.26. The third kappa shape index (κ3) is 4.70. The van der Waals surface area contributed by atoms with Crippen LogP contribution in [0.5, 0.6) is 0 Å². The summed E-state index contributed by atoms with van der Waals surface area (Å²) >= 11 is 1.64. The van der Waals surface area contributed by atoms with E-state index in [1.165, 1.54) is 0 Å². The summed E-state index contributed by atoms with van der Waals surface area (Å²) in [5.41, 5.74) is 0.982. The van der Waals surface area contributed by atoms with Crippen molar-refractivity contribution in [1.82, 2.24) is 15.2 Å². The van der Waals surface area contributed by atoms with E-state index in [1.807, 2.05) is 24.4 Å². The zero-order valence-electron chi connectivity index (χ0n) is 15.1. The van der Waals surface area contributed by atoms with Crippen molar-refractivity contribution in [3.63, 3.8) is 0 Å². The minimum Gasteiger partial charge on any atom is -0.440 e. The molecule has 2 aromatic rings. The number of aromatic nitrogens is 1. The van der Waals surface area contributed by atoms with E-state index in [1.54, 1.807) is 11.3 Å². The van der Waals surface area contributed by atoms with Crippen molar-refractivity contribution in [2.24, 2.45) is 5.92 Å². The molecule has 3 rings (SSSR count). The lowest BCUT2D eigenvalue weighted by Crippen LogP contribution is -2.43. The summed E-state index contributed by atoms with van der Waals surface area (Å²) in [5.74, 6) is 1.87. The van der Waals surface area contributed by atoms with E-state index in [0.29, 0.717) is 5.89 Å². The molecule has 136 valence electrons. The van der Waals surface area contributed by atoms with Gasteiger partial charge in [0.05, 0.1) is 16.5 Å². The number of nitrogens with one attached hydrogen (secondary N) is 1. The second-order valence-electron chi connectivity index (χ2n) is 6.72. The molecule has 1 aliphatic rings. The molecule has 6 heteroatoms. The monoisotopic (exact) mass is 361 g/mol. The van der Waals surface area contributed by atoms with Gasteiger partial charge in [0.1, 0.15) is 5.76 Å². The van der Waals surface area contributed by atoms with Crippen LogP contribution in [0.3, 0.4) is 0 Å². The highest BCUT2D eigenvalue weighted by atomic mass is 32.1. The molecule has 1 fully saturated rings. The van der Waals surface area contributed by atoms with Crippen molar-refractivity contribution >= 4 is 17.2 Å². The van der Waals surface area contributed by atoms with Gasteiger partial charge < -0.3 is 9.73 Å². The number of hydrogen-bond acceptors (Lipinski definition) is 5. The van der Waals surface area contributed by atoms with Crippen LogP contribution in [-0.4, -0.2) is 35.4 Å². The lowest BCUT2D eigenvalue weighted by molar-refractivity contribution is -0.126. The third-order valence-electron chi connectivity index (χ3n) is 4.70. The molecular weight excluding hydrogens is 334 g/mol. The van der Waals surface area contributed by atoms with Gasteiger partial charge in [-0.3, -0.25) is 9.69 Å². The first-order chi connectivity index (χ1) is 12.2. The number of oxazole rings is 1. The molecule has 1 unspecified atom stereocenters. The molecule has 3 heterocycles. The molecule has 0 spiro atoms. The Bertz CT molecular complexity index is 681. The van der Waals surface area contributed by atoms with Crippen molar-refractivity contribution in [3.05, 3.63) is 29.0 Å². The molecule has 5 nitrogen and oxygen atoms in total. The number of nitrogens with zero attached hydrogens (tertiary/aromatic N) is 2. The van der Waals surface area contributed by atoms with E-state index < -0.39 is 0 Å². The smallest absolute Gasteiger partial charge is 0.236 e. The zero-order chi connectivity index (χ0) is 17.6. The second-order valence-corrected chi connectivity index (χ2v) is 7.67. The maximum absolute atomic E-state index is 12.3. The number of amides is 1. The highest BCUT2D eigenvalue weighted by Gasteiger charge is 2.26. The predicted octanol–water partition coefficient (Wildman–Crippen LogP) is 3.84.